The minimum absolute atomic E-state index is 0.0362. The van der Waals surface area contributed by atoms with Crippen LogP contribution >= 0.6 is 0 Å². The predicted molar refractivity (Wildman–Crippen MR) is 107 cm³/mol. The van der Waals surface area contributed by atoms with Gasteiger partial charge in [0.2, 0.25) is 0 Å². The minimum atomic E-state index is -0.535. The zero-order chi connectivity index (χ0) is 19.8. The number of β-amino-alcohol motifs (C(OH)–C–C–N with tert-alkyl or cyclic N) is 1. The molecule has 1 atom stereocenters. The Labute approximate surface area is 166 Å². The second kappa shape index (κ2) is 10.2. The van der Waals surface area contributed by atoms with Crippen molar-refractivity contribution in [3.8, 4) is 5.75 Å². The molecule has 2 aromatic carbocycles. The molecule has 1 amide bonds. The second-order valence-electron chi connectivity index (χ2n) is 6.98. The summed E-state index contributed by atoms with van der Waals surface area (Å²) in [6, 6.07) is 17.1. The molecular formula is C22H28N2O4. The Hall–Kier alpha value is -2.41. The number of rotatable bonds is 8. The number of hydrogen-bond acceptors (Lipinski definition) is 5. The molecule has 1 N–H and O–H groups in total. The van der Waals surface area contributed by atoms with Crippen LogP contribution in [0.4, 0.5) is 0 Å². The fraction of sp³-hybridized carbons (Fsp3) is 0.409. The molecule has 2 aromatic rings. The topological polar surface area (TPSA) is 62.2 Å². The van der Waals surface area contributed by atoms with E-state index in [4.69, 9.17) is 9.47 Å². The van der Waals surface area contributed by atoms with Crippen LogP contribution in [0.2, 0.25) is 0 Å². The summed E-state index contributed by atoms with van der Waals surface area (Å²) in [6.07, 6.45) is -0.535. The second-order valence-corrected chi connectivity index (χ2v) is 6.98. The van der Waals surface area contributed by atoms with E-state index < -0.39 is 6.10 Å². The number of carbonyl (C=O) groups excluding carboxylic acids is 1. The van der Waals surface area contributed by atoms with E-state index in [-0.39, 0.29) is 5.91 Å². The molecule has 1 aliphatic heterocycles. The number of carbonyl (C=O) groups is 1. The standard InChI is InChI=1S/C22H28N2O4/c1-27-21-9-7-19(8-10-21)22(26)24-13-11-23(12-14-24)15-20(25)17-28-16-18-5-3-2-4-6-18/h2-10,20,25H,11-17H2,1H3/t20-/m0/s1. The lowest BCUT2D eigenvalue weighted by Gasteiger charge is -2.35. The summed E-state index contributed by atoms with van der Waals surface area (Å²) >= 11 is 0. The average Bonchev–Trinajstić information content (AvgIpc) is 2.74. The van der Waals surface area contributed by atoms with Crippen LogP contribution in [0.3, 0.4) is 0 Å². The summed E-state index contributed by atoms with van der Waals surface area (Å²) in [7, 11) is 1.61. The van der Waals surface area contributed by atoms with Gasteiger partial charge in [0.1, 0.15) is 5.75 Å². The zero-order valence-corrected chi connectivity index (χ0v) is 16.3. The molecule has 6 heteroatoms. The van der Waals surface area contributed by atoms with Gasteiger partial charge in [0.25, 0.3) is 5.91 Å². The Bertz CT molecular complexity index is 728. The number of methoxy groups -OCH3 is 1. The number of ether oxygens (including phenoxy) is 2. The molecule has 0 unspecified atom stereocenters. The van der Waals surface area contributed by atoms with Gasteiger partial charge >= 0.3 is 0 Å². The molecule has 1 aliphatic rings. The maximum absolute atomic E-state index is 12.6. The van der Waals surface area contributed by atoms with Crippen molar-refractivity contribution < 1.29 is 19.4 Å². The largest absolute Gasteiger partial charge is 0.497 e. The van der Waals surface area contributed by atoms with E-state index >= 15 is 0 Å². The number of amides is 1. The van der Waals surface area contributed by atoms with E-state index in [1.165, 1.54) is 0 Å². The van der Waals surface area contributed by atoms with E-state index in [0.717, 1.165) is 24.4 Å². The molecule has 0 aliphatic carbocycles. The highest BCUT2D eigenvalue weighted by Gasteiger charge is 2.23. The Kier molecular flexibility index (Phi) is 7.42. The van der Waals surface area contributed by atoms with Crippen LogP contribution in [0.15, 0.2) is 54.6 Å². The molecule has 1 heterocycles. The maximum Gasteiger partial charge on any atom is 0.253 e. The van der Waals surface area contributed by atoms with Crippen LogP contribution in [0.5, 0.6) is 5.75 Å². The van der Waals surface area contributed by atoms with Gasteiger partial charge in [-0.2, -0.15) is 0 Å². The summed E-state index contributed by atoms with van der Waals surface area (Å²) in [4.78, 5) is 16.6. The van der Waals surface area contributed by atoms with Gasteiger partial charge in [0, 0.05) is 38.3 Å². The molecule has 1 saturated heterocycles. The van der Waals surface area contributed by atoms with Crippen LogP contribution in [0, 0.1) is 0 Å². The highest BCUT2D eigenvalue weighted by Crippen LogP contribution is 2.14. The third-order valence-electron chi connectivity index (χ3n) is 4.89. The van der Waals surface area contributed by atoms with E-state index in [1.54, 1.807) is 31.4 Å². The molecule has 0 bridgehead atoms. The summed E-state index contributed by atoms with van der Waals surface area (Å²) in [5.41, 5.74) is 1.77. The Morgan fingerprint density at radius 1 is 1.04 bits per heavy atom. The summed E-state index contributed by atoms with van der Waals surface area (Å²) in [5.74, 6) is 0.777. The molecule has 0 radical (unpaired) electrons. The van der Waals surface area contributed by atoms with Crippen molar-refractivity contribution in [2.24, 2.45) is 0 Å². The van der Waals surface area contributed by atoms with Crippen molar-refractivity contribution in [1.29, 1.82) is 0 Å². The summed E-state index contributed by atoms with van der Waals surface area (Å²) in [6.45, 7) is 4.17. The number of aliphatic hydroxyl groups is 1. The van der Waals surface area contributed by atoms with Gasteiger partial charge in [0.05, 0.1) is 26.4 Å². The Morgan fingerprint density at radius 3 is 2.36 bits per heavy atom. The molecule has 6 nitrogen and oxygen atoms in total. The SMILES string of the molecule is COc1ccc(C(=O)N2CCN(C[C@H](O)COCc3ccccc3)CC2)cc1. The van der Waals surface area contributed by atoms with Crippen molar-refractivity contribution in [3.63, 3.8) is 0 Å². The first kappa shape index (κ1) is 20.3. The fourth-order valence-corrected chi connectivity index (χ4v) is 3.29. The zero-order valence-electron chi connectivity index (χ0n) is 16.3. The van der Waals surface area contributed by atoms with Gasteiger partial charge in [-0.3, -0.25) is 9.69 Å². The number of hydrogen-bond donors (Lipinski definition) is 1. The first-order valence-corrected chi connectivity index (χ1v) is 9.61. The molecule has 0 saturated carbocycles. The van der Waals surface area contributed by atoms with Gasteiger partial charge in [0.15, 0.2) is 0 Å². The molecular weight excluding hydrogens is 356 g/mol. The van der Waals surface area contributed by atoms with Crippen molar-refractivity contribution in [3.05, 3.63) is 65.7 Å². The van der Waals surface area contributed by atoms with Crippen molar-refractivity contribution in [2.45, 2.75) is 12.7 Å². The Morgan fingerprint density at radius 2 is 1.71 bits per heavy atom. The molecule has 0 spiro atoms. The molecule has 28 heavy (non-hydrogen) atoms. The fourth-order valence-electron chi connectivity index (χ4n) is 3.29. The number of aliphatic hydroxyl groups excluding tert-OH is 1. The molecule has 0 aromatic heterocycles. The lowest BCUT2D eigenvalue weighted by atomic mass is 10.1. The van der Waals surface area contributed by atoms with Crippen molar-refractivity contribution >= 4 is 5.91 Å². The monoisotopic (exact) mass is 384 g/mol. The molecule has 150 valence electrons. The Balaban J connectivity index is 1.37. The van der Waals surface area contributed by atoms with E-state index in [1.807, 2.05) is 35.2 Å². The van der Waals surface area contributed by atoms with Crippen LogP contribution in [0.1, 0.15) is 15.9 Å². The lowest BCUT2D eigenvalue weighted by Crippen LogP contribution is -2.50. The highest BCUT2D eigenvalue weighted by molar-refractivity contribution is 5.94. The highest BCUT2D eigenvalue weighted by atomic mass is 16.5. The number of nitrogens with zero attached hydrogens (tertiary/aromatic N) is 2. The third-order valence-corrected chi connectivity index (χ3v) is 4.89. The normalized spacial score (nSPS) is 16.0. The lowest BCUT2D eigenvalue weighted by molar-refractivity contribution is 0.00206. The van der Waals surface area contributed by atoms with Gasteiger partial charge in [-0.25, -0.2) is 0 Å². The molecule has 3 rings (SSSR count). The molecule has 1 fully saturated rings. The van der Waals surface area contributed by atoms with Gasteiger partial charge in [-0.1, -0.05) is 30.3 Å². The first-order valence-electron chi connectivity index (χ1n) is 9.61. The van der Waals surface area contributed by atoms with Crippen molar-refractivity contribution in [2.75, 3.05) is 46.4 Å². The van der Waals surface area contributed by atoms with Crippen LogP contribution < -0.4 is 4.74 Å². The van der Waals surface area contributed by atoms with Crippen LogP contribution in [-0.4, -0.2) is 73.4 Å². The minimum Gasteiger partial charge on any atom is -0.497 e. The third kappa shape index (κ3) is 5.79. The quantitative estimate of drug-likeness (QED) is 0.755. The van der Waals surface area contributed by atoms with Gasteiger partial charge in [-0.05, 0) is 29.8 Å². The summed E-state index contributed by atoms with van der Waals surface area (Å²) < 4.78 is 10.7. The van der Waals surface area contributed by atoms with E-state index in [2.05, 4.69) is 4.90 Å². The first-order chi connectivity index (χ1) is 13.7. The number of piperazine rings is 1. The van der Waals surface area contributed by atoms with Gasteiger partial charge < -0.3 is 19.5 Å². The summed E-state index contributed by atoms with van der Waals surface area (Å²) in [5, 5.41) is 10.2. The van der Waals surface area contributed by atoms with E-state index in [0.29, 0.717) is 38.4 Å². The predicted octanol–water partition coefficient (Wildman–Crippen LogP) is 2.03. The maximum atomic E-state index is 12.6. The smallest absolute Gasteiger partial charge is 0.253 e. The number of benzene rings is 2. The van der Waals surface area contributed by atoms with Crippen LogP contribution in [0.25, 0.3) is 0 Å². The van der Waals surface area contributed by atoms with Gasteiger partial charge in [-0.15, -0.1) is 0 Å². The average molecular weight is 384 g/mol. The van der Waals surface area contributed by atoms with E-state index in [9.17, 15) is 9.90 Å². The van der Waals surface area contributed by atoms with Crippen LogP contribution in [-0.2, 0) is 11.3 Å². The van der Waals surface area contributed by atoms with Crippen molar-refractivity contribution in [1.82, 2.24) is 9.80 Å².